The van der Waals surface area contributed by atoms with E-state index in [9.17, 15) is 34.8 Å². The lowest BCUT2D eigenvalue weighted by Gasteiger charge is -2.48. The third kappa shape index (κ3) is 4.16. The summed E-state index contributed by atoms with van der Waals surface area (Å²) in [6, 6.07) is 2.14. The molecule has 196 valence electrons. The van der Waals surface area contributed by atoms with Crippen LogP contribution in [0, 0.1) is 17.8 Å². The molecule has 36 heavy (non-hydrogen) atoms. The number of hydrogen-bond donors (Lipinski definition) is 5. The van der Waals surface area contributed by atoms with Crippen molar-refractivity contribution in [2.75, 3.05) is 27.8 Å². The van der Waals surface area contributed by atoms with Gasteiger partial charge in [0.25, 0.3) is 0 Å². The van der Waals surface area contributed by atoms with Crippen molar-refractivity contribution in [3.8, 4) is 5.75 Å². The molecule has 0 heterocycles. The Labute approximate surface area is 208 Å². The van der Waals surface area contributed by atoms with Gasteiger partial charge in [0.15, 0.2) is 11.4 Å². The molecule has 0 radical (unpaired) electrons. The number of rotatable bonds is 8. The smallest absolute Gasteiger partial charge is 0.227 e. The third-order valence-electron chi connectivity index (χ3n) is 7.44. The zero-order valence-electron chi connectivity index (χ0n) is 21.0. The van der Waals surface area contributed by atoms with Gasteiger partial charge in [0.05, 0.1) is 23.8 Å². The fourth-order valence-electron chi connectivity index (χ4n) is 5.50. The number of nitrogens with zero attached hydrogens (tertiary/aromatic N) is 2. The molecule has 6 N–H and O–H groups in total. The van der Waals surface area contributed by atoms with Gasteiger partial charge in [0, 0.05) is 23.1 Å². The number of primary amides is 1. The number of fused-ring (bicyclic) bond motifs is 2. The molecule has 2 aliphatic rings. The molecule has 3 rings (SSSR count). The van der Waals surface area contributed by atoms with Gasteiger partial charge in [-0.3, -0.25) is 14.4 Å². The maximum absolute atomic E-state index is 13.9. The number of Topliss-reactive ketones (excluding diaryl/α,β-unsaturated/α-hetero) is 2. The standard InChI is InChI=1S/C25H33N3O8/c1-11(24(26)34)22(32)25(35)16(17(10-29)28(3)4)9-13-8-15-14(12(2)27-36-5)6-7-18(30)20(15)21(31)19(13)23(25)33/h6-7,11,13,16-17,29-31,35H,8-10H2,1-5H3,(H2,26,34)/b27-12+/t11?,13-,16-,17+,25+/m0/s1. The summed E-state index contributed by atoms with van der Waals surface area (Å²) in [6.07, 6.45) is 0.204. The lowest BCUT2D eigenvalue weighted by Crippen LogP contribution is -2.65. The maximum Gasteiger partial charge on any atom is 0.227 e. The molecule has 1 unspecified atom stereocenters. The highest BCUT2D eigenvalue weighted by atomic mass is 16.6. The van der Waals surface area contributed by atoms with Crippen LogP contribution in [0.1, 0.15) is 37.0 Å². The molecule has 0 bridgehead atoms. The Morgan fingerprint density at radius 3 is 2.47 bits per heavy atom. The molecule has 0 aliphatic heterocycles. The lowest BCUT2D eigenvalue weighted by molar-refractivity contribution is -0.166. The van der Waals surface area contributed by atoms with Gasteiger partial charge in [-0.05, 0) is 64.4 Å². The molecular weight excluding hydrogens is 470 g/mol. The van der Waals surface area contributed by atoms with Crippen LogP contribution in [0.25, 0.3) is 5.76 Å². The van der Waals surface area contributed by atoms with Crippen molar-refractivity contribution in [3.63, 3.8) is 0 Å². The van der Waals surface area contributed by atoms with Crippen molar-refractivity contribution in [2.24, 2.45) is 28.6 Å². The number of likely N-dealkylation sites (N-methyl/N-ethyl adjacent to an activating group) is 1. The molecule has 1 saturated carbocycles. The van der Waals surface area contributed by atoms with E-state index >= 15 is 0 Å². The highest BCUT2D eigenvalue weighted by Crippen LogP contribution is 2.50. The Bertz CT molecular complexity index is 1160. The molecule has 1 amide bonds. The number of carbonyl (C=O) groups is 3. The van der Waals surface area contributed by atoms with E-state index in [0.717, 1.165) is 0 Å². The van der Waals surface area contributed by atoms with E-state index in [-0.39, 0.29) is 29.7 Å². The Hall–Kier alpha value is -3.28. The molecular formula is C25H33N3O8. The van der Waals surface area contributed by atoms with E-state index in [0.29, 0.717) is 16.8 Å². The third-order valence-corrected chi connectivity index (χ3v) is 7.44. The first-order valence-corrected chi connectivity index (χ1v) is 11.6. The average molecular weight is 504 g/mol. The van der Waals surface area contributed by atoms with Crippen LogP contribution in [-0.2, 0) is 25.6 Å². The number of oxime groups is 1. The number of hydrogen-bond acceptors (Lipinski definition) is 10. The van der Waals surface area contributed by atoms with Gasteiger partial charge in [0.2, 0.25) is 11.7 Å². The Kier molecular flexibility index (Phi) is 7.58. The van der Waals surface area contributed by atoms with E-state index in [4.69, 9.17) is 10.6 Å². The molecule has 1 aromatic carbocycles. The number of amides is 1. The number of nitrogens with two attached hydrogens (primary N) is 1. The lowest BCUT2D eigenvalue weighted by atomic mass is 9.59. The molecule has 5 atom stereocenters. The van der Waals surface area contributed by atoms with E-state index in [1.807, 2.05) is 0 Å². The van der Waals surface area contributed by atoms with Gasteiger partial charge in [0.1, 0.15) is 18.6 Å². The Morgan fingerprint density at radius 2 is 1.94 bits per heavy atom. The fourth-order valence-corrected chi connectivity index (χ4v) is 5.50. The van der Waals surface area contributed by atoms with Crippen molar-refractivity contribution in [1.29, 1.82) is 0 Å². The number of benzene rings is 1. The van der Waals surface area contributed by atoms with Crippen LogP contribution in [0.4, 0.5) is 0 Å². The number of carbonyl (C=O) groups excluding carboxylic acids is 3. The van der Waals surface area contributed by atoms with Crippen molar-refractivity contribution in [3.05, 3.63) is 34.4 Å². The molecule has 11 nitrogen and oxygen atoms in total. The van der Waals surface area contributed by atoms with Gasteiger partial charge in [-0.2, -0.15) is 0 Å². The first-order valence-electron chi connectivity index (χ1n) is 11.6. The van der Waals surface area contributed by atoms with Gasteiger partial charge < -0.3 is 35.9 Å². The van der Waals surface area contributed by atoms with Crippen molar-refractivity contribution in [2.45, 2.75) is 38.3 Å². The summed E-state index contributed by atoms with van der Waals surface area (Å²) < 4.78 is 0. The van der Waals surface area contributed by atoms with Crippen LogP contribution in [0.5, 0.6) is 5.75 Å². The number of phenols is 1. The van der Waals surface area contributed by atoms with Gasteiger partial charge in [-0.15, -0.1) is 0 Å². The molecule has 1 fully saturated rings. The second kappa shape index (κ2) is 10.00. The number of phenolic OH excluding ortho intramolecular Hbond substituents is 1. The minimum Gasteiger partial charge on any atom is -0.507 e. The Balaban J connectivity index is 2.29. The molecule has 0 aromatic heterocycles. The first-order chi connectivity index (χ1) is 16.8. The number of aliphatic hydroxyl groups excluding tert-OH is 2. The minimum atomic E-state index is -2.73. The second-order valence-corrected chi connectivity index (χ2v) is 9.65. The number of ketones is 2. The summed E-state index contributed by atoms with van der Waals surface area (Å²) in [6.45, 7) is 2.41. The van der Waals surface area contributed by atoms with Gasteiger partial charge in [-0.25, -0.2) is 0 Å². The predicted molar refractivity (Wildman–Crippen MR) is 130 cm³/mol. The van der Waals surface area contributed by atoms with Gasteiger partial charge >= 0.3 is 0 Å². The zero-order chi connectivity index (χ0) is 27.1. The maximum atomic E-state index is 13.9. The molecule has 2 aliphatic carbocycles. The Morgan fingerprint density at radius 1 is 1.31 bits per heavy atom. The van der Waals surface area contributed by atoms with Crippen LogP contribution < -0.4 is 5.73 Å². The zero-order valence-corrected chi connectivity index (χ0v) is 21.0. The summed E-state index contributed by atoms with van der Waals surface area (Å²) in [5.74, 6) is -7.31. The monoisotopic (exact) mass is 503 g/mol. The van der Waals surface area contributed by atoms with E-state index < -0.39 is 59.2 Å². The normalized spacial score (nSPS) is 25.8. The summed E-state index contributed by atoms with van der Waals surface area (Å²) in [4.78, 5) is 45.6. The quantitative estimate of drug-likeness (QED) is 0.187. The first kappa shape index (κ1) is 27.3. The fraction of sp³-hybridized carbons (Fsp3) is 0.520. The number of aliphatic hydroxyl groups is 3. The molecule has 1 aromatic rings. The van der Waals surface area contributed by atoms with E-state index in [1.165, 1.54) is 20.1 Å². The summed E-state index contributed by atoms with van der Waals surface area (Å²) in [7, 11) is 4.65. The topological polar surface area (TPSA) is 183 Å². The number of aromatic hydroxyl groups is 1. The van der Waals surface area contributed by atoms with E-state index in [2.05, 4.69) is 5.16 Å². The van der Waals surface area contributed by atoms with Crippen molar-refractivity contribution in [1.82, 2.24) is 4.90 Å². The largest absolute Gasteiger partial charge is 0.507 e. The van der Waals surface area contributed by atoms with Gasteiger partial charge in [-0.1, -0.05) is 5.16 Å². The van der Waals surface area contributed by atoms with E-state index in [1.54, 1.807) is 32.0 Å². The highest BCUT2D eigenvalue weighted by molar-refractivity contribution is 6.24. The van der Waals surface area contributed by atoms with Crippen LogP contribution in [0.15, 0.2) is 22.9 Å². The van der Waals surface area contributed by atoms with Crippen LogP contribution >= 0.6 is 0 Å². The van der Waals surface area contributed by atoms with Crippen molar-refractivity contribution >= 4 is 28.9 Å². The van der Waals surface area contributed by atoms with Crippen LogP contribution in [-0.4, -0.2) is 88.0 Å². The minimum absolute atomic E-state index is 0.000250. The van der Waals surface area contributed by atoms with Crippen LogP contribution in [0.3, 0.4) is 0 Å². The summed E-state index contributed by atoms with van der Waals surface area (Å²) in [5.41, 5.74) is 3.96. The molecule has 0 saturated heterocycles. The second-order valence-electron chi connectivity index (χ2n) is 9.65. The molecule has 11 heteroatoms. The predicted octanol–water partition coefficient (Wildman–Crippen LogP) is 0.137. The molecule has 0 spiro atoms. The van der Waals surface area contributed by atoms with Crippen molar-refractivity contribution < 1.29 is 39.6 Å². The summed E-state index contributed by atoms with van der Waals surface area (Å²) in [5, 5.41) is 47.6. The highest BCUT2D eigenvalue weighted by Gasteiger charge is 2.61. The average Bonchev–Trinajstić information content (AvgIpc) is 2.81. The van der Waals surface area contributed by atoms with Crippen LogP contribution in [0.2, 0.25) is 0 Å². The SMILES string of the molecule is CO/N=C(\C)c1ccc(O)c2c1C[C@H]1C[C@@H]([C@@H](CO)N(C)C)[C@@](O)(C(=O)C(C)C(N)=O)C(=O)C1=C2O. The summed E-state index contributed by atoms with van der Waals surface area (Å²) >= 11 is 0.